The lowest BCUT2D eigenvalue weighted by molar-refractivity contribution is 0.0516. The summed E-state index contributed by atoms with van der Waals surface area (Å²) in [6.07, 6.45) is 2.89. The summed E-state index contributed by atoms with van der Waals surface area (Å²) in [6.45, 7) is 5.82. The lowest BCUT2D eigenvalue weighted by Crippen LogP contribution is -2.46. The molecule has 0 bridgehead atoms. The number of piperidine rings is 1. The molecule has 1 unspecified atom stereocenters. The Hall–Kier alpha value is -4.68. The number of amides is 2. The van der Waals surface area contributed by atoms with E-state index in [0.29, 0.717) is 39.3 Å². The zero-order chi connectivity index (χ0) is 31.5. The Bertz CT molecular complexity index is 1820. The fourth-order valence-corrected chi connectivity index (χ4v) is 6.50. The summed E-state index contributed by atoms with van der Waals surface area (Å²) < 4.78 is 12.0. The molecule has 3 aliphatic rings. The second-order valence-electron chi connectivity index (χ2n) is 12.7. The fourth-order valence-electron chi connectivity index (χ4n) is 6.50. The van der Waals surface area contributed by atoms with Gasteiger partial charge in [0, 0.05) is 30.8 Å². The van der Waals surface area contributed by atoms with Crippen LogP contribution in [0.3, 0.4) is 0 Å². The topological polar surface area (TPSA) is 153 Å². The van der Waals surface area contributed by atoms with Gasteiger partial charge in [0.05, 0.1) is 27.8 Å². The zero-order valence-corrected chi connectivity index (χ0v) is 25.5. The number of nitrogens with one attached hydrogen (secondary N) is 3. The summed E-state index contributed by atoms with van der Waals surface area (Å²) in [4.78, 5) is 53.8. The van der Waals surface area contributed by atoms with Crippen LogP contribution in [0.2, 0.25) is 0 Å². The number of imidazole rings is 1. The smallest absolute Gasteiger partial charge is 0.261 e. The van der Waals surface area contributed by atoms with Gasteiger partial charge in [0.1, 0.15) is 29.7 Å². The van der Waals surface area contributed by atoms with E-state index in [9.17, 15) is 19.5 Å². The number of aromatic nitrogens is 3. The van der Waals surface area contributed by atoms with Crippen LogP contribution in [-0.4, -0.2) is 92.7 Å². The van der Waals surface area contributed by atoms with E-state index in [0.717, 1.165) is 37.9 Å². The quantitative estimate of drug-likeness (QED) is 0.220. The predicted octanol–water partition coefficient (Wildman–Crippen LogP) is 3.17. The second-order valence-corrected chi connectivity index (χ2v) is 12.7. The Labute approximate surface area is 259 Å². The van der Waals surface area contributed by atoms with E-state index >= 15 is 0 Å². The molecule has 7 rings (SSSR count). The Morgan fingerprint density at radius 3 is 2.67 bits per heavy atom. The molecule has 1 fully saturated rings. The number of benzene rings is 2. The number of carbonyl (C=O) groups is 2. The molecule has 0 aliphatic carbocycles. The maximum atomic E-state index is 13.3. The molecule has 1 atom stereocenters. The first-order valence-electron chi connectivity index (χ1n) is 15.3. The Kier molecular flexibility index (Phi) is 7.13. The summed E-state index contributed by atoms with van der Waals surface area (Å²) in [7, 11) is 2.03. The van der Waals surface area contributed by atoms with Crippen LogP contribution in [0.4, 0.5) is 5.69 Å². The standard InChI is InChI=1S/C33H36N6O6/c1-33(2)15-18-5-4-6-26(28(18)45-33)44-17-20(40)16-35-23-7-10-34-30(41)27(23)29-36-24-13-21-22(14-25(24)37-29)32(43)39(31(21)42)19-8-11-38(3)12-9-19/h4-7,10,13-14,19-20,40H,8-9,11-12,15-17H2,1-3H3,(H,36,37)(H2,34,35,41). The van der Waals surface area contributed by atoms with Gasteiger partial charge in [-0.15, -0.1) is 0 Å². The summed E-state index contributed by atoms with van der Waals surface area (Å²) >= 11 is 0. The highest BCUT2D eigenvalue weighted by atomic mass is 16.5. The molecule has 4 N–H and O–H groups in total. The van der Waals surface area contributed by atoms with Crippen molar-refractivity contribution in [3.8, 4) is 22.9 Å². The van der Waals surface area contributed by atoms with Crippen LogP contribution in [0.25, 0.3) is 22.4 Å². The number of anilines is 1. The van der Waals surface area contributed by atoms with E-state index in [1.165, 1.54) is 11.1 Å². The number of likely N-dealkylation sites (tertiary alicyclic amines) is 1. The van der Waals surface area contributed by atoms with Crippen LogP contribution in [0.5, 0.6) is 11.5 Å². The summed E-state index contributed by atoms with van der Waals surface area (Å²) in [5.74, 6) is 0.954. The van der Waals surface area contributed by atoms with Crippen molar-refractivity contribution in [1.82, 2.24) is 24.8 Å². The molecular formula is C33H36N6O6. The first-order chi connectivity index (χ1) is 21.6. The van der Waals surface area contributed by atoms with Gasteiger partial charge >= 0.3 is 0 Å². The van der Waals surface area contributed by atoms with Crippen LogP contribution >= 0.6 is 0 Å². The number of H-pyrrole nitrogens is 2. The molecule has 234 valence electrons. The SMILES string of the molecule is CN1CCC(N2C(=O)c3cc4nc(-c5c(NCC(O)COc6cccc7c6OC(C)(C)C7)cc[nH]c5=O)[nH]c4cc3C2=O)CC1. The molecule has 0 radical (unpaired) electrons. The Morgan fingerprint density at radius 2 is 1.89 bits per heavy atom. The van der Waals surface area contributed by atoms with Crippen molar-refractivity contribution in [2.45, 2.75) is 50.9 Å². The minimum Gasteiger partial charge on any atom is -0.487 e. The maximum absolute atomic E-state index is 13.3. The highest BCUT2D eigenvalue weighted by Crippen LogP contribution is 2.41. The van der Waals surface area contributed by atoms with Crippen molar-refractivity contribution >= 4 is 28.5 Å². The minimum atomic E-state index is -0.898. The number of fused-ring (bicyclic) bond motifs is 3. The number of rotatable bonds is 8. The van der Waals surface area contributed by atoms with Gasteiger partial charge in [0.15, 0.2) is 11.5 Å². The number of pyridine rings is 1. The van der Waals surface area contributed by atoms with Crippen molar-refractivity contribution in [2.24, 2.45) is 0 Å². The van der Waals surface area contributed by atoms with Gasteiger partial charge in [-0.1, -0.05) is 12.1 Å². The van der Waals surface area contributed by atoms with Crippen molar-refractivity contribution < 1.29 is 24.2 Å². The average molecular weight is 613 g/mol. The normalized spacial score (nSPS) is 18.6. The van der Waals surface area contributed by atoms with E-state index in [2.05, 4.69) is 25.2 Å². The number of hydrogen-bond acceptors (Lipinski definition) is 9. The Morgan fingerprint density at radius 1 is 1.13 bits per heavy atom. The fraction of sp³-hybridized carbons (Fsp3) is 0.394. The van der Waals surface area contributed by atoms with Crippen molar-refractivity contribution in [3.05, 3.63) is 69.6 Å². The number of aliphatic hydroxyl groups excluding tert-OH is 1. The number of aromatic amines is 2. The molecular weight excluding hydrogens is 576 g/mol. The largest absolute Gasteiger partial charge is 0.487 e. The van der Waals surface area contributed by atoms with Crippen molar-refractivity contribution in [3.63, 3.8) is 0 Å². The third-order valence-corrected chi connectivity index (χ3v) is 8.78. The summed E-state index contributed by atoms with van der Waals surface area (Å²) in [6, 6.07) is 10.6. The van der Waals surface area contributed by atoms with Gasteiger partial charge in [-0.3, -0.25) is 19.3 Å². The van der Waals surface area contributed by atoms with Crippen LogP contribution in [0.1, 0.15) is 53.0 Å². The molecule has 3 aliphatic heterocycles. The highest BCUT2D eigenvalue weighted by molar-refractivity contribution is 6.23. The highest BCUT2D eigenvalue weighted by Gasteiger charge is 2.41. The van der Waals surface area contributed by atoms with Crippen molar-refractivity contribution in [1.29, 1.82) is 0 Å². The Balaban J connectivity index is 1.07. The van der Waals surface area contributed by atoms with Crippen LogP contribution < -0.4 is 20.3 Å². The van der Waals surface area contributed by atoms with E-state index in [4.69, 9.17) is 9.47 Å². The number of nitrogens with zero attached hydrogens (tertiary/aromatic N) is 3. The lowest BCUT2D eigenvalue weighted by atomic mass is 10.0. The molecule has 45 heavy (non-hydrogen) atoms. The average Bonchev–Trinajstić information content (AvgIpc) is 3.64. The van der Waals surface area contributed by atoms with Gasteiger partial charge < -0.3 is 34.8 Å². The van der Waals surface area contributed by atoms with Gasteiger partial charge in [-0.05, 0) is 71.1 Å². The van der Waals surface area contributed by atoms with Gasteiger partial charge in [-0.2, -0.15) is 0 Å². The molecule has 5 heterocycles. The number of imide groups is 1. The molecule has 2 aromatic carbocycles. The minimum absolute atomic E-state index is 0.0125. The molecule has 4 aromatic rings. The second kappa shape index (κ2) is 11.0. The number of aliphatic hydroxyl groups is 1. The summed E-state index contributed by atoms with van der Waals surface area (Å²) in [5, 5.41) is 13.9. The molecule has 2 amide bonds. The predicted molar refractivity (Wildman–Crippen MR) is 168 cm³/mol. The zero-order valence-electron chi connectivity index (χ0n) is 25.5. The van der Waals surface area contributed by atoms with Gasteiger partial charge in [-0.25, -0.2) is 4.98 Å². The number of hydrogen-bond donors (Lipinski definition) is 4. The molecule has 12 nitrogen and oxygen atoms in total. The van der Waals surface area contributed by atoms with Gasteiger partial charge in [0.25, 0.3) is 17.4 Å². The first-order valence-corrected chi connectivity index (χ1v) is 15.3. The lowest BCUT2D eigenvalue weighted by Gasteiger charge is -2.33. The van der Waals surface area contributed by atoms with Gasteiger partial charge in [0.2, 0.25) is 0 Å². The number of carbonyl (C=O) groups excluding carboxylic acids is 2. The van der Waals surface area contributed by atoms with E-state index in [-0.39, 0.29) is 48.0 Å². The number of ether oxygens (including phenoxy) is 2. The van der Waals surface area contributed by atoms with Crippen LogP contribution in [-0.2, 0) is 6.42 Å². The van der Waals surface area contributed by atoms with E-state index < -0.39 is 11.7 Å². The number of para-hydroxylation sites is 1. The van der Waals surface area contributed by atoms with Crippen LogP contribution in [0.15, 0.2) is 47.4 Å². The van der Waals surface area contributed by atoms with E-state index in [1.54, 1.807) is 18.2 Å². The third-order valence-electron chi connectivity index (χ3n) is 8.78. The van der Waals surface area contributed by atoms with Crippen molar-refractivity contribution in [2.75, 3.05) is 38.6 Å². The molecule has 2 aromatic heterocycles. The molecule has 0 saturated carbocycles. The first kappa shape index (κ1) is 29.1. The maximum Gasteiger partial charge on any atom is 0.261 e. The van der Waals surface area contributed by atoms with E-state index in [1.807, 2.05) is 39.1 Å². The third kappa shape index (κ3) is 5.33. The molecule has 1 saturated heterocycles. The summed E-state index contributed by atoms with van der Waals surface area (Å²) in [5.41, 5.74) is 2.73. The molecule has 12 heteroatoms. The molecule has 0 spiro atoms. The monoisotopic (exact) mass is 612 g/mol. The van der Waals surface area contributed by atoms with Crippen LogP contribution in [0, 0.1) is 0 Å².